The molecule has 0 saturated carbocycles. The van der Waals surface area contributed by atoms with E-state index >= 15 is 0 Å². The van der Waals surface area contributed by atoms with Crippen molar-refractivity contribution >= 4 is 61.6 Å². The van der Waals surface area contributed by atoms with Crippen LogP contribution in [0.15, 0.2) is 83.2 Å². The largest absolute Gasteiger partial charge is 0.268 e. The second-order valence-electron chi connectivity index (χ2n) is 7.67. The van der Waals surface area contributed by atoms with Crippen molar-refractivity contribution in [2.24, 2.45) is 0 Å². The molecule has 0 bridgehead atoms. The van der Waals surface area contributed by atoms with E-state index in [1.165, 1.54) is 34.1 Å². The first-order chi connectivity index (χ1) is 16.1. The first kappa shape index (κ1) is 20.1. The van der Waals surface area contributed by atoms with E-state index in [4.69, 9.17) is 0 Å². The zero-order valence-corrected chi connectivity index (χ0v) is 18.8. The van der Waals surface area contributed by atoms with Crippen molar-refractivity contribution < 1.29 is 14.0 Å². The van der Waals surface area contributed by atoms with E-state index in [1.54, 1.807) is 30.3 Å². The van der Waals surface area contributed by atoms with E-state index in [0.717, 1.165) is 19.9 Å². The molecule has 2 amide bonds. The summed E-state index contributed by atoms with van der Waals surface area (Å²) in [5.41, 5.74) is 2.96. The number of aromatic nitrogens is 1. The van der Waals surface area contributed by atoms with Gasteiger partial charge in [0.05, 0.1) is 15.9 Å². The number of thioether (sulfide) groups is 1. The predicted octanol–water partition coefficient (Wildman–Crippen LogP) is 6.68. The summed E-state index contributed by atoms with van der Waals surface area (Å²) in [5.74, 6) is -0.418. The maximum atomic E-state index is 13.9. The summed E-state index contributed by atoms with van der Waals surface area (Å²) in [4.78, 5) is 32.5. The van der Waals surface area contributed by atoms with Crippen LogP contribution < -0.4 is 4.90 Å². The topological polar surface area (TPSA) is 50.3 Å². The Balaban J connectivity index is 1.34. The maximum absolute atomic E-state index is 13.9. The molecule has 4 aromatic carbocycles. The minimum Gasteiger partial charge on any atom is -0.268 e. The Bertz CT molecular complexity index is 1540. The predicted molar refractivity (Wildman–Crippen MR) is 131 cm³/mol. The molecule has 160 valence electrons. The zero-order chi connectivity index (χ0) is 22.5. The Kier molecular flexibility index (Phi) is 4.74. The van der Waals surface area contributed by atoms with Crippen molar-refractivity contribution in [2.75, 3.05) is 4.90 Å². The van der Waals surface area contributed by atoms with E-state index in [0.29, 0.717) is 33.5 Å². The molecule has 0 saturated heterocycles. The number of rotatable bonds is 4. The molecule has 4 nitrogen and oxygen atoms in total. The van der Waals surface area contributed by atoms with E-state index in [1.807, 2.05) is 42.5 Å². The monoisotopic (exact) mass is 470 g/mol. The van der Waals surface area contributed by atoms with Crippen LogP contribution in [0.4, 0.5) is 10.1 Å². The highest BCUT2D eigenvalue weighted by molar-refractivity contribution is 8.00. The number of imide groups is 1. The van der Waals surface area contributed by atoms with Gasteiger partial charge in [0, 0.05) is 22.3 Å². The maximum Gasteiger partial charge on any atom is 0.265 e. The number of halogens is 1. The number of hydrogen-bond acceptors (Lipinski definition) is 5. The van der Waals surface area contributed by atoms with Gasteiger partial charge in [0.2, 0.25) is 0 Å². The molecule has 0 fully saturated rings. The van der Waals surface area contributed by atoms with Crippen molar-refractivity contribution in [1.29, 1.82) is 0 Å². The van der Waals surface area contributed by atoms with Crippen molar-refractivity contribution in [3.63, 3.8) is 0 Å². The standard InChI is InChI=1S/C26H15FN2O2S2/c27-20-10-2-1-5-16(20)14-32-26-28-21-12-11-17(13-22(21)33-26)29-24(30)18-8-3-6-15-7-4-9-19(23(15)18)25(29)31/h1-13H,14H2. The molecule has 6 rings (SSSR count). The third-order valence-electron chi connectivity index (χ3n) is 5.69. The van der Waals surface area contributed by atoms with Crippen LogP contribution in [0.1, 0.15) is 26.3 Å². The number of fused-ring (bicyclic) bond motifs is 1. The van der Waals surface area contributed by atoms with E-state index < -0.39 is 0 Å². The number of carbonyl (C=O) groups excluding carboxylic acids is 2. The number of anilines is 1. The van der Waals surface area contributed by atoms with Crippen LogP contribution >= 0.6 is 23.1 Å². The number of hydrogen-bond donors (Lipinski definition) is 0. The molecular formula is C26H15FN2O2S2. The van der Waals surface area contributed by atoms with Gasteiger partial charge in [-0.25, -0.2) is 14.3 Å². The van der Waals surface area contributed by atoms with Crippen LogP contribution in [-0.4, -0.2) is 16.8 Å². The molecule has 33 heavy (non-hydrogen) atoms. The Labute approximate surface area is 196 Å². The van der Waals surface area contributed by atoms with Crippen molar-refractivity contribution in [2.45, 2.75) is 10.1 Å². The van der Waals surface area contributed by atoms with E-state index in [2.05, 4.69) is 4.98 Å². The lowest BCUT2D eigenvalue weighted by Gasteiger charge is -2.27. The number of thiazole rings is 1. The van der Waals surface area contributed by atoms with Crippen LogP contribution in [0, 0.1) is 5.82 Å². The molecule has 0 atom stereocenters. The van der Waals surface area contributed by atoms with Gasteiger partial charge < -0.3 is 0 Å². The fourth-order valence-electron chi connectivity index (χ4n) is 4.11. The molecule has 0 N–H and O–H groups in total. The third kappa shape index (κ3) is 3.32. The smallest absolute Gasteiger partial charge is 0.265 e. The first-order valence-electron chi connectivity index (χ1n) is 10.3. The van der Waals surface area contributed by atoms with Gasteiger partial charge in [-0.15, -0.1) is 11.3 Å². The van der Waals surface area contributed by atoms with Crippen molar-refractivity contribution in [3.8, 4) is 0 Å². The SMILES string of the molecule is O=C1c2cccc3cccc(c23)C(=O)N1c1ccc2nc(SCc3ccccc3F)sc2c1. The lowest BCUT2D eigenvalue weighted by molar-refractivity contribution is 0.0893. The van der Waals surface area contributed by atoms with E-state index in [9.17, 15) is 14.0 Å². The number of amides is 2. The highest BCUT2D eigenvalue weighted by Gasteiger charge is 2.34. The average Bonchev–Trinajstić information content (AvgIpc) is 3.24. The molecule has 1 aliphatic rings. The number of carbonyl (C=O) groups is 2. The fraction of sp³-hybridized carbons (Fsp3) is 0.0385. The normalized spacial score (nSPS) is 13.3. The lowest BCUT2D eigenvalue weighted by Crippen LogP contribution is -2.40. The minimum absolute atomic E-state index is 0.231. The number of benzene rings is 4. The molecule has 7 heteroatoms. The average molecular weight is 471 g/mol. The van der Waals surface area contributed by atoms with Crippen LogP contribution in [0.3, 0.4) is 0 Å². The van der Waals surface area contributed by atoms with Gasteiger partial charge in [0.15, 0.2) is 4.34 Å². The third-order valence-corrected chi connectivity index (χ3v) is 7.90. The van der Waals surface area contributed by atoms with E-state index in [-0.39, 0.29) is 17.6 Å². The van der Waals surface area contributed by atoms with Gasteiger partial charge in [-0.05, 0) is 47.3 Å². The summed E-state index contributed by atoms with van der Waals surface area (Å²) in [7, 11) is 0. The van der Waals surface area contributed by atoms with Crippen LogP contribution in [0.25, 0.3) is 21.0 Å². The number of nitrogens with zero attached hydrogens (tertiary/aromatic N) is 2. The molecule has 1 aliphatic heterocycles. The molecule has 1 aromatic heterocycles. The summed E-state index contributed by atoms with van der Waals surface area (Å²) in [5, 5.41) is 1.58. The van der Waals surface area contributed by atoms with Crippen LogP contribution in [0.2, 0.25) is 0 Å². The summed E-state index contributed by atoms with van der Waals surface area (Å²) in [6, 6.07) is 23.1. The molecule has 0 unspecified atom stereocenters. The van der Waals surface area contributed by atoms with Gasteiger partial charge in [-0.3, -0.25) is 9.59 Å². The summed E-state index contributed by atoms with van der Waals surface area (Å²) in [6.07, 6.45) is 0. The molecular weight excluding hydrogens is 455 g/mol. The Hall–Kier alpha value is -3.55. The lowest BCUT2D eigenvalue weighted by atomic mass is 9.94. The van der Waals surface area contributed by atoms with Crippen LogP contribution in [0.5, 0.6) is 0 Å². The summed E-state index contributed by atoms with van der Waals surface area (Å²) in [6.45, 7) is 0. The van der Waals surface area contributed by atoms with Gasteiger partial charge in [-0.1, -0.05) is 54.2 Å². The molecule has 0 radical (unpaired) electrons. The second kappa shape index (κ2) is 7.79. The zero-order valence-electron chi connectivity index (χ0n) is 17.1. The van der Waals surface area contributed by atoms with Crippen molar-refractivity contribution in [3.05, 3.63) is 101 Å². The van der Waals surface area contributed by atoms with Crippen molar-refractivity contribution in [1.82, 2.24) is 4.98 Å². The molecule has 0 spiro atoms. The Morgan fingerprint density at radius 2 is 1.61 bits per heavy atom. The molecule has 2 heterocycles. The summed E-state index contributed by atoms with van der Waals surface area (Å²) >= 11 is 2.93. The first-order valence-corrected chi connectivity index (χ1v) is 12.1. The highest BCUT2D eigenvalue weighted by Crippen LogP contribution is 2.37. The molecule has 0 aliphatic carbocycles. The van der Waals surface area contributed by atoms with Gasteiger partial charge in [0.1, 0.15) is 5.82 Å². The second-order valence-corrected chi connectivity index (χ2v) is 9.92. The summed E-state index contributed by atoms with van der Waals surface area (Å²) < 4.78 is 15.6. The fourth-order valence-corrected chi connectivity index (χ4v) is 6.20. The Morgan fingerprint density at radius 1 is 0.879 bits per heavy atom. The highest BCUT2D eigenvalue weighted by atomic mass is 32.2. The Morgan fingerprint density at radius 3 is 2.33 bits per heavy atom. The molecule has 5 aromatic rings. The van der Waals surface area contributed by atoms with Gasteiger partial charge in [0.25, 0.3) is 11.8 Å². The minimum atomic E-state index is -0.331. The van der Waals surface area contributed by atoms with Gasteiger partial charge in [-0.2, -0.15) is 0 Å². The van der Waals surface area contributed by atoms with Crippen LogP contribution in [-0.2, 0) is 5.75 Å². The van der Waals surface area contributed by atoms with Gasteiger partial charge >= 0.3 is 0 Å². The quantitative estimate of drug-likeness (QED) is 0.217.